The number of carbonyl (C=O) groups excluding carboxylic acids is 2. The Balaban J connectivity index is 2.55. The van der Waals surface area contributed by atoms with E-state index in [9.17, 15) is 9.59 Å². The summed E-state index contributed by atoms with van der Waals surface area (Å²) in [5, 5.41) is 13.7. The first-order valence-electron chi connectivity index (χ1n) is 5.56. The summed E-state index contributed by atoms with van der Waals surface area (Å²) >= 11 is 1.26. The largest absolute Gasteiger partial charge is 0.384 e. The van der Waals surface area contributed by atoms with E-state index in [1.54, 1.807) is 6.07 Å². The molecule has 1 aromatic rings. The van der Waals surface area contributed by atoms with Crippen LogP contribution in [-0.2, 0) is 0 Å². The molecule has 0 fully saturated rings. The molecule has 19 heavy (non-hydrogen) atoms. The van der Waals surface area contributed by atoms with Gasteiger partial charge in [0.25, 0.3) is 5.91 Å². The van der Waals surface area contributed by atoms with E-state index in [0.717, 1.165) is 10.4 Å². The number of nitrogens with two attached hydrogens (primary N) is 1. The Morgan fingerprint density at radius 2 is 2.11 bits per heavy atom. The van der Waals surface area contributed by atoms with Crippen molar-refractivity contribution in [1.29, 1.82) is 0 Å². The van der Waals surface area contributed by atoms with Gasteiger partial charge in [0.1, 0.15) is 6.61 Å². The molecule has 0 saturated heterocycles. The van der Waals surface area contributed by atoms with Crippen LogP contribution in [0, 0.1) is 18.8 Å². The van der Waals surface area contributed by atoms with Crippen LogP contribution in [0.25, 0.3) is 0 Å². The van der Waals surface area contributed by atoms with Crippen LogP contribution >= 0.6 is 11.3 Å². The fourth-order valence-electron chi connectivity index (χ4n) is 1.29. The number of aliphatic hydroxyl groups excluding tert-OH is 1. The van der Waals surface area contributed by atoms with Crippen molar-refractivity contribution in [1.82, 2.24) is 10.6 Å². The first-order valence-corrected chi connectivity index (χ1v) is 6.38. The zero-order valence-electron chi connectivity index (χ0n) is 10.4. The fraction of sp³-hybridized carbons (Fsp3) is 0.333. The standard InChI is InChI=1S/C12H15N3O3S/c1-8-7-10(19-9(8)3-2-6-16)11(17)14-4-5-15-12(13)18/h7,16H,4-6H2,1H3,(H,14,17)(H3,13,15,18). The molecule has 3 amide bonds. The number of urea groups is 1. The normalized spacial score (nSPS) is 9.37. The highest BCUT2D eigenvalue weighted by Crippen LogP contribution is 2.20. The number of hydrogen-bond acceptors (Lipinski definition) is 4. The van der Waals surface area contributed by atoms with Crippen molar-refractivity contribution in [2.45, 2.75) is 6.92 Å². The van der Waals surface area contributed by atoms with Gasteiger partial charge in [-0.3, -0.25) is 4.79 Å². The predicted molar refractivity (Wildman–Crippen MR) is 72.9 cm³/mol. The number of hydrogen-bond donors (Lipinski definition) is 4. The lowest BCUT2D eigenvalue weighted by atomic mass is 10.2. The average Bonchev–Trinajstić information content (AvgIpc) is 2.73. The van der Waals surface area contributed by atoms with E-state index < -0.39 is 6.03 Å². The molecule has 7 heteroatoms. The number of amides is 3. The van der Waals surface area contributed by atoms with E-state index in [1.807, 2.05) is 6.92 Å². The van der Waals surface area contributed by atoms with Gasteiger partial charge in [0.15, 0.2) is 0 Å². The number of aryl methyl sites for hydroxylation is 1. The highest BCUT2D eigenvalue weighted by atomic mass is 32.1. The van der Waals surface area contributed by atoms with Gasteiger partial charge < -0.3 is 21.5 Å². The second-order valence-corrected chi connectivity index (χ2v) is 4.68. The van der Waals surface area contributed by atoms with Gasteiger partial charge in [-0.2, -0.15) is 0 Å². The van der Waals surface area contributed by atoms with Crippen molar-refractivity contribution in [3.05, 3.63) is 21.4 Å². The first kappa shape index (κ1) is 15.0. The molecule has 5 N–H and O–H groups in total. The molecular formula is C12H15N3O3S. The van der Waals surface area contributed by atoms with Crippen molar-refractivity contribution in [3.8, 4) is 11.8 Å². The molecule has 1 rings (SSSR count). The monoisotopic (exact) mass is 281 g/mol. The number of carbonyl (C=O) groups is 2. The van der Waals surface area contributed by atoms with Crippen LogP contribution in [-0.4, -0.2) is 36.7 Å². The Bertz CT molecular complexity index is 528. The molecule has 0 saturated carbocycles. The van der Waals surface area contributed by atoms with Crippen molar-refractivity contribution in [2.24, 2.45) is 5.73 Å². The molecule has 0 bridgehead atoms. The first-order chi connectivity index (χ1) is 9.04. The summed E-state index contributed by atoms with van der Waals surface area (Å²) in [5.74, 6) is 5.10. The van der Waals surface area contributed by atoms with Gasteiger partial charge in [0.2, 0.25) is 0 Å². The summed E-state index contributed by atoms with van der Waals surface area (Å²) in [6.45, 7) is 2.22. The molecule has 1 heterocycles. The van der Waals surface area contributed by atoms with Crippen LogP contribution in [0.15, 0.2) is 6.07 Å². The Hall–Kier alpha value is -2.04. The lowest BCUT2D eigenvalue weighted by Gasteiger charge is -2.03. The quantitative estimate of drug-likeness (QED) is 0.453. The van der Waals surface area contributed by atoms with Crippen LogP contribution in [0.2, 0.25) is 0 Å². The topological polar surface area (TPSA) is 104 Å². The van der Waals surface area contributed by atoms with Gasteiger partial charge in [-0.15, -0.1) is 11.3 Å². The molecule has 102 valence electrons. The zero-order chi connectivity index (χ0) is 14.3. The minimum absolute atomic E-state index is 0.211. The Kier molecular flexibility index (Phi) is 5.85. The van der Waals surface area contributed by atoms with Gasteiger partial charge in [-0.25, -0.2) is 4.79 Å². The average molecular weight is 281 g/mol. The smallest absolute Gasteiger partial charge is 0.312 e. The Morgan fingerprint density at radius 3 is 2.74 bits per heavy atom. The number of nitrogens with one attached hydrogen (secondary N) is 2. The third kappa shape index (κ3) is 4.99. The second-order valence-electron chi connectivity index (χ2n) is 3.63. The van der Waals surface area contributed by atoms with Crippen LogP contribution in [0.5, 0.6) is 0 Å². The van der Waals surface area contributed by atoms with Gasteiger partial charge in [-0.05, 0) is 18.6 Å². The lowest BCUT2D eigenvalue weighted by molar-refractivity contribution is 0.0958. The van der Waals surface area contributed by atoms with Crippen molar-refractivity contribution < 1.29 is 14.7 Å². The fourth-order valence-corrected chi connectivity index (χ4v) is 2.25. The summed E-state index contributed by atoms with van der Waals surface area (Å²) < 4.78 is 0. The molecule has 0 aliphatic heterocycles. The van der Waals surface area contributed by atoms with Crippen molar-refractivity contribution in [2.75, 3.05) is 19.7 Å². The molecule has 1 aromatic heterocycles. The third-order valence-electron chi connectivity index (χ3n) is 2.13. The van der Waals surface area contributed by atoms with Crippen LogP contribution in [0.3, 0.4) is 0 Å². The summed E-state index contributed by atoms with van der Waals surface area (Å²) in [6.07, 6.45) is 0. The minimum atomic E-state index is -0.622. The summed E-state index contributed by atoms with van der Waals surface area (Å²) in [5.41, 5.74) is 5.79. The summed E-state index contributed by atoms with van der Waals surface area (Å²) in [6, 6.07) is 1.12. The van der Waals surface area contributed by atoms with Gasteiger partial charge in [-0.1, -0.05) is 11.8 Å². The van der Waals surface area contributed by atoms with Gasteiger partial charge >= 0.3 is 6.03 Å². The van der Waals surface area contributed by atoms with E-state index in [4.69, 9.17) is 10.8 Å². The minimum Gasteiger partial charge on any atom is -0.384 e. The SMILES string of the molecule is Cc1cc(C(=O)NCCNC(N)=O)sc1C#CCO. The lowest BCUT2D eigenvalue weighted by Crippen LogP contribution is -2.37. The van der Waals surface area contributed by atoms with E-state index in [0.29, 0.717) is 11.4 Å². The third-order valence-corrected chi connectivity index (χ3v) is 3.28. The summed E-state index contributed by atoms with van der Waals surface area (Å²) in [7, 11) is 0. The molecule has 0 spiro atoms. The molecule has 0 aliphatic rings. The van der Waals surface area contributed by atoms with E-state index in [1.165, 1.54) is 11.3 Å². The number of primary amides is 1. The van der Waals surface area contributed by atoms with Crippen LogP contribution in [0.4, 0.5) is 4.79 Å². The maximum atomic E-state index is 11.8. The van der Waals surface area contributed by atoms with Crippen LogP contribution in [0.1, 0.15) is 20.1 Å². The van der Waals surface area contributed by atoms with Crippen molar-refractivity contribution in [3.63, 3.8) is 0 Å². The Labute approximate surface area is 115 Å². The van der Waals surface area contributed by atoms with Gasteiger partial charge in [0.05, 0.1) is 9.75 Å². The number of rotatable bonds is 4. The zero-order valence-corrected chi connectivity index (χ0v) is 11.3. The van der Waals surface area contributed by atoms with E-state index >= 15 is 0 Å². The second kappa shape index (κ2) is 7.41. The number of thiophene rings is 1. The maximum Gasteiger partial charge on any atom is 0.312 e. The van der Waals surface area contributed by atoms with E-state index in [2.05, 4.69) is 22.5 Å². The maximum absolute atomic E-state index is 11.8. The molecule has 0 atom stereocenters. The summed E-state index contributed by atoms with van der Waals surface area (Å²) in [4.78, 5) is 23.5. The molecule has 6 nitrogen and oxygen atoms in total. The molecule has 0 aliphatic carbocycles. The molecule has 0 aromatic carbocycles. The predicted octanol–water partition coefficient (Wildman–Crippen LogP) is -0.202. The molecular weight excluding hydrogens is 266 g/mol. The highest BCUT2D eigenvalue weighted by molar-refractivity contribution is 7.14. The molecule has 0 radical (unpaired) electrons. The van der Waals surface area contributed by atoms with Gasteiger partial charge in [0, 0.05) is 13.1 Å². The van der Waals surface area contributed by atoms with Crippen LogP contribution < -0.4 is 16.4 Å². The van der Waals surface area contributed by atoms with Crippen molar-refractivity contribution >= 4 is 23.3 Å². The molecule has 0 unspecified atom stereocenters. The number of aliphatic hydroxyl groups is 1. The van der Waals surface area contributed by atoms with E-state index in [-0.39, 0.29) is 19.1 Å². The highest BCUT2D eigenvalue weighted by Gasteiger charge is 2.10. The Morgan fingerprint density at radius 1 is 1.42 bits per heavy atom.